The van der Waals surface area contributed by atoms with Gasteiger partial charge in [0, 0.05) is 17.4 Å². The van der Waals surface area contributed by atoms with Crippen molar-refractivity contribution in [2.75, 3.05) is 0 Å². The fourth-order valence-corrected chi connectivity index (χ4v) is 3.30. The molecule has 0 aromatic heterocycles. The molecule has 2 aliphatic rings. The second kappa shape index (κ2) is 3.42. The van der Waals surface area contributed by atoms with Crippen molar-refractivity contribution in [2.45, 2.75) is 32.1 Å². The maximum absolute atomic E-state index is 12.3. The largest absolute Gasteiger partial charge is 0.299 e. The minimum Gasteiger partial charge on any atom is -0.299 e. The van der Waals surface area contributed by atoms with E-state index in [2.05, 4.69) is 0 Å². The van der Waals surface area contributed by atoms with E-state index in [0.29, 0.717) is 24.3 Å². The molecule has 88 valence electrons. The van der Waals surface area contributed by atoms with Crippen molar-refractivity contribution in [1.29, 1.82) is 0 Å². The van der Waals surface area contributed by atoms with E-state index >= 15 is 0 Å². The Kier molecular flexibility index (Phi) is 2.21. The summed E-state index contributed by atoms with van der Waals surface area (Å²) >= 11 is 5.99. The van der Waals surface area contributed by atoms with Crippen molar-refractivity contribution in [3.8, 4) is 0 Å². The minimum atomic E-state index is -0.788. The summed E-state index contributed by atoms with van der Waals surface area (Å²) < 4.78 is 0. The first-order valence-corrected chi connectivity index (χ1v) is 6.26. The summed E-state index contributed by atoms with van der Waals surface area (Å²) in [5, 5.41) is 0.664. The van der Waals surface area contributed by atoms with Crippen LogP contribution in [0.15, 0.2) is 18.2 Å². The average Bonchev–Trinajstić information content (AvgIpc) is 2.28. The van der Waals surface area contributed by atoms with Gasteiger partial charge in [0.1, 0.15) is 5.78 Å². The van der Waals surface area contributed by atoms with Gasteiger partial charge in [-0.05, 0) is 43.0 Å². The number of hydrogen-bond donors (Lipinski definition) is 0. The third-order valence-electron chi connectivity index (χ3n) is 4.16. The van der Waals surface area contributed by atoms with Crippen molar-refractivity contribution in [2.24, 2.45) is 5.41 Å². The SMILES string of the molecule is CC12Cc3ccc(Cl)cc3C(CCC1=O)C2=O. The smallest absolute Gasteiger partial charge is 0.153 e. The number of rotatable bonds is 0. The summed E-state index contributed by atoms with van der Waals surface area (Å²) in [5.41, 5.74) is 1.35. The Labute approximate surface area is 105 Å². The molecule has 0 amide bonds. The molecular weight excluding hydrogens is 236 g/mol. The quantitative estimate of drug-likeness (QED) is 0.662. The molecule has 1 saturated carbocycles. The van der Waals surface area contributed by atoms with Crippen LogP contribution in [0.4, 0.5) is 0 Å². The zero-order valence-corrected chi connectivity index (χ0v) is 10.4. The van der Waals surface area contributed by atoms with Crippen molar-refractivity contribution in [3.63, 3.8) is 0 Å². The molecular formula is C14H13ClO2. The van der Waals surface area contributed by atoms with E-state index in [0.717, 1.165) is 11.1 Å². The Hall–Kier alpha value is -1.15. The molecule has 17 heavy (non-hydrogen) atoms. The van der Waals surface area contributed by atoms with Crippen LogP contribution in [-0.2, 0) is 16.0 Å². The monoisotopic (exact) mass is 248 g/mol. The van der Waals surface area contributed by atoms with Crippen LogP contribution < -0.4 is 0 Å². The van der Waals surface area contributed by atoms with Gasteiger partial charge in [-0.3, -0.25) is 9.59 Å². The number of fused-ring (bicyclic) bond motifs is 4. The van der Waals surface area contributed by atoms with Gasteiger partial charge < -0.3 is 0 Å². The predicted octanol–water partition coefficient (Wildman–Crippen LogP) is 2.92. The highest BCUT2D eigenvalue weighted by molar-refractivity contribution is 6.30. The number of halogens is 1. The summed E-state index contributed by atoms with van der Waals surface area (Å²) in [5.74, 6) is 0.0583. The zero-order valence-electron chi connectivity index (χ0n) is 9.63. The maximum Gasteiger partial charge on any atom is 0.153 e. The molecule has 0 N–H and O–H groups in total. The third kappa shape index (κ3) is 1.40. The summed E-state index contributed by atoms with van der Waals surface area (Å²) in [4.78, 5) is 24.3. The lowest BCUT2D eigenvalue weighted by atomic mass is 9.59. The number of carbonyl (C=O) groups excluding carboxylic acids is 2. The lowest BCUT2D eigenvalue weighted by molar-refractivity contribution is -0.144. The van der Waals surface area contributed by atoms with Gasteiger partial charge in [0.25, 0.3) is 0 Å². The summed E-state index contributed by atoms with van der Waals surface area (Å²) in [6, 6.07) is 5.67. The van der Waals surface area contributed by atoms with Crippen molar-refractivity contribution in [1.82, 2.24) is 0 Å². The average molecular weight is 249 g/mol. The molecule has 0 radical (unpaired) electrons. The van der Waals surface area contributed by atoms with Crippen molar-refractivity contribution in [3.05, 3.63) is 34.3 Å². The number of ketones is 2. The van der Waals surface area contributed by atoms with Gasteiger partial charge in [0.2, 0.25) is 0 Å². The first-order valence-electron chi connectivity index (χ1n) is 5.88. The molecule has 2 bridgehead atoms. The van der Waals surface area contributed by atoms with Crippen LogP contribution >= 0.6 is 11.6 Å². The lowest BCUT2D eigenvalue weighted by Gasteiger charge is -2.41. The molecule has 1 aromatic carbocycles. The van der Waals surface area contributed by atoms with Crippen molar-refractivity contribution >= 4 is 23.2 Å². The predicted molar refractivity (Wildman–Crippen MR) is 65.3 cm³/mol. The molecule has 2 unspecified atom stereocenters. The molecule has 3 rings (SSSR count). The molecule has 1 fully saturated rings. The molecule has 3 heteroatoms. The van der Waals surface area contributed by atoms with E-state index in [4.69, 9.17) is 11.6 Å². The highest BCUT2D eigenvalue weighted by Gasteiger charge is 2.51. The topological polar surface area (TPSA) is 34.1 Å². The standard InChI is InChI=1S/C14H13ClO2/c1-14-7-8-2-3-9(15)6-11(8)10(13(14)17)4-5-12(14)16/h2-3,6,10H,4-5,7H2,1H3. The number of hydrogen-bond acceptors (Lipinski definition) is 2. The van der Waals surface area contributed by atoms with Crippen LogP contribution in [0.3, 0.4) is 0 Å². The number of benzene rings is 1. The first-order chi connectivity index (χ1) is 8.02. The molecule has 0 spiro atoms. The second-order valence-corrected chi connectivity index (χ2v) is 5.67. The molecule has 1 aromatic rings. The van der Waals surface area contributed by atoms with E-state index in [9.17, 15) is 9.59 Å². The van der Waals surface area contributed by atoms with Gasteiger partial charge in [-0.2, -0.15) is 0 Å². The molecule has 0 heterocycles. The van der Waals surface area contributed by atoms with Gasteiger partial charge in [-0.1, -0.05) is 17.7 Å². The zero-order chi connectivity index (χ0) is 12.2. The van der Waals surface area contributed by atoms with Gasteiger partial charge >= 0.3 is 0 Å². The van der Waals surface area contributed by atoms with Crippen LogP contribution in [-0.4, -0.2) is 11.6 Å². The van der Waals surface area contributed by atoms with E-state index in [1.807, 2.05) is 18.2 Å². The lowest BCUT2D eigenvalue weighted by Crippen LogP contribution is -2.48. The van der Waals surface area contributed by atoms with Gasteiger partial charge in [-0.15, -0.1) is 0 Å². The van der Waals surface area contributed by atoms with Gasteiger partial charge in [0.05, 0.1) is 5.41 Å². The molecule has 0 saturated heterocycles. The summed E-state index contributed by atoms with van der Waals surface area (Å²) in [6.07, 6.45) is 1.69. The van der Waals surface area contributed by atoms with E-state index < -0.39 is 5.41 Å². The normalized spacial score (nSPS) is 31.3. The van der Waals surface area contributed by atoms with Crippen molar-refractivity contribution < 1.29 is 9.59 Å². The van der Waals surface area contributed by atoms with Crippen LogP contribution in [0.25, 0.3) is 0 Å². The summed E-state index contributed by atoms with van der Waals surface area (Å²) in [6.45, 7) is 1.79. The van der Waals surface area contributed by atoms with E-state index in [1.165, 1.54) is 0 Å². The Bertz CT molecular complexity index is 535. The third-order valence-corrected chi connectivity index (χ3v) is 4.40. The fourth-order valence-electron chi connectivity index (χ4n) is 3.12. The Balaban J connectivity index is 2.20. The Morgan fingerprint density at radius 2 is 2.12 bits per heavy atom. The van der Waals surface area contributed by atoms with E-state index in [-0.39, 0.29) is 17.5 Å². The Morgan fingerprint density at radius 1 is 1.35 bits per heavy atom. The molecule has 2 nitrogen and oxygen atoms in total. The second-order valence-electron chi connectivity index (χ2n) is 5.23. The number of Topliss-reactive ketones (excluding diaryl/α,β-unsaturated/α-hetero) is 2. The molecule has 2 atom stereocenters. The maximum atomic E-state index is 12.3. The van der Waals surface area contributed by atoms with E-state index in [1.54, 1.807) is 6.92 Å². The Morgan fingerprint density at radius 3 is 2.88 bits per heavy atom. The van der Waals surface area contributed by atoms with Crippen LogP contribution in [0.1, 0.15) is 36.8 Å². The highest BCUT2D eigenvalue weighted by Crippen LogP contribution is 2.47. The fraction of sp³-hybridized carbons (Fsp3) is 0.429. The number of carbonyl (C=O) groups is 2. The molecule has 2 aliphatic carbocycles. The van der Waals surface area contributed by atoms with Gasteiger partial charge in [0.15, 0.2) is 5.78 Å². The van der Waals surface area contributed by atoms with Crippen LogP contribution in [0, 0.1) is 5.41 Å². The summed E-state index contributed by atoms with van der Waals surface area (Å²) in [7, 11) is 0. The minimum absolute atomic E-state index is 0.0866. The first kappa shape index (κ1) is 11.0. The highest BCUT2D eigenvalue weighted by atomic mass is 35.5. The van der Waals surface area contributed by atoms with Crippen LogP contribution in [0.2, 0.25) is 5.02 Å². The van der Waals surface area contributed by atoms with Crippen LogP contribution in [0.5, 0.6) is 0 Å². The van der Waals surface area contributed by atoms with Gasteiger partial charge in [-0.25, -0.2) is 0 Å². The molecule has 0 aliphatic heterocycles.